The monoisotopic (exact) mass is 268 g/mol. The summed E-state index contributed by atoms with van der Waals surface area (Å²) in [5.41, 5.74) is 0.259. The third-order valence-electron chi connectivity index (χ3n) is 3.52. The fourth-order valence-electron chi connectivity index (χ4n) is 2.50. The number of hydrogen-bond acceptors (Lipinski definition) is 2. The predicted octanol–water partition coefficient (Wildman–Crippen LogP) is 2.09. The van der Waals surface area contributed by atoms with Crippen molar-refractivity contribution in [3.05, 3.63) is 35.4 Å². The van der Waals surface area contributed by atoms with Crippen molar-refractivity contribution in [3.8, 4) is 0 Å². The second-order valence-corrected chi connectivity index (χ2v) is 5.09. The molecule has 0 aliphatic carbocycles. The second-order valence-electron chi connectivity index (χ2n) is 5.09. The Balaban J connectivity index is 2.16. The van der Waals surface area contributed by atoms with Crippen LogP contribution in [0.25, 0.3) is 0 Å². The second kappa shape index (κ2) is 5.65. The third kappa shape index (κ3) is 2.92. The molecule has 1 saturated heterocycles. The lowest BCUT2D eigenvalue weighted by Crippen LogP contribution is -2.35. The summed E-state index contributed by atoms with van der Waals surface area (Å²) in [4.78, 5) is 13.5. The summed E-state index contributed by atoms with van der Waals surface area (Å²) >= 11 is 0. The van der Waals surface area contributed by atoms with Gasteiger partial charge < -0.3 is 10.2 Å². The average Bonchev–Trinajstić information content (AvgIpc) is 2.68. The van der Waals surface area contributed by atoms with Gasteiger partial charge in [-0.1, -0.05) is 19.1 Å². The fourth-order valence-corrected chi connectivity index (χ4v) is 2.50. The average molecular weight is 268 g/mol. The van der Waals surface area contributed by atoms with Gasteiger partial charge in [0.2, 0.25) is 5.91 Å². The topological polar surface area (TPSA) is 32.3 Å². The van der Waals surface area contributed by atoms with Crippen LogP contribution in [0.5, 0.6) is 0 Å². The molecule has 0 aromatic heterocycles. The summed E-state index contributed by atoms with van der Waals surface area (Å²) in [6.07, 6.45) is 0.530. The maximum atomic E-state index is 13.8. The number of carbonyl (C=O) groups is 1. The zero-order chi connectivity index (χ0) is 14.0. The lowest BCUT2D eigenvalue weighted by molar-refractivity contribution is -0.128. The smallest absolute Gasteiger partial charge is 0.222 e. The number of hydrogen-bond donors (Lipinski definition) is 1. The summed E-state index contributed by atoms with van der Waals surface area (Å²) in [6.45, 7) is 3.04. The molecular weight excluding hydrogens is 250 g/mol. The van der Waals surface area contributed by atoms with Crippen LogP contribution in [0.3, 0.4) is 0 Å². The number of likely N-dealkylation sites (tertiary alicyclic amines) is 1. The lowest BCUT2D eigenvalue weighted by atomic mass is 10.1. The highest BCUT2D eigenvalue weighted by atomic mass is 19.2. The van der Waals surface area contributed by atoms with Crippen LogP contribution in [-0.2, 0) is 4.79 Å². The molecule has 1 aromatic rings. The van der Waals surface area contributed by atoms with E-state index < -0.39 is 17.7 Å². The first kappa shape index (κ1) is 13.9. The van der Waals surface area contributed by atoms with Crippen molar-refractivity contribution in [2.45, 2.75) is 19.4 Å². The van der Waals surface area contributed by atoms with Gasteiger partial charge in [0.05, 0.1) is 6.04 Å². The lowest BCUT2D eigenvalue weighted by Gasteiger charge is -2.24. The number of benzene rings is 1. The van der Waals surface area contributed by atoms with Crippen molar-refractivity contribution >= 4 is 5.91 Å². The minimum Gasteiger partial charge on any atom is -0.340 e. The summed E-state index contributed by atoms with van der Waals surface area (Å²) in [5, 5.41) is 2.95. The molecule has 1 aliphatic rings. The normalized spacial score (nSPS) is 20.9. The molecule has 1 aliphatic heterocycles. The fraction of sp³-hybridized carbons (Fsp3) is 0.500. The molecule has 2 rings (SSSR count). The van der Waals surface area contributed by atoms with Crippen molar-refractivity contribution < 1.29 is 13.6 Å². The quantitative estimate of drug-likeness (QED) is 0.907. The summed E-state index contributed by atoms with van der Waals surface area (Å²) in [7, 11) is 1.68. The van der Waals surface area contributed by atoms with Crippen LogP contribution in [0.4, 0.5) is 8.78 Å². The molecule has 1 N–H and O–H groups in total. The Labute approximate surface area is 111 Å². The first-order valence-corrected chi connectivity index (χ1v) is 6.42. The Morgan fingerprint density at radius 3 is 2.79 bits per heavy atom. The minimum atomic E-state index is -0.862. The highest BCUT2D eigenvalue weighted by Gasteiger charge is 2.29. The first-order valence-electron chi connectivity index (χ1n) is 6.42. The van der Waals surface area contributed by atoms with E-state index in [-0.39, 0.29) is 11.5 Å². The van der Waals surface area contributed by atoms with Crippen molar-refractivity contribution in [1.29, 1.82) is 0 Å². The molecule has 0 radical (unpaired) electrons. The summed E-state index contributed by atoms with van der Waals surface area (Å²) < 4.78 is 27.0. The molecule has 3 nitrogen and oxygen atoms in total. The Hall–Kier alpha value is -1.49. The number of nitrogens with zero attached hydrogens (tertiary/aromatic N) is 1. The molecule has 2 unspecified atom stereocenters. The predicted molar refractivity (Wildman–Crippen MR) is 68.5 cm³/mol. The van der Waals surface area contributed by atoms with Gasteiger partial charge in [-0.15, -0.1) is 0 Å². The molecular formula is C14H18F2N2O. The molecule has 19 heavy (non-hydrogen) atoms. The van der Waals surface area contributed by atoms with Gasteiger partial charge in [-0.3, -0.25) is 4.79 Å². The Kier molecular flexibility index (Phi) is 4.14. The molecule has 0 spiro atoms. The third-order valence-corrected chi connectivity index (χ3v) is 3.52. The van der Waals surface area contributed by atoms with E-state index in [1.54, 1.807) is 18.0 Å². The van der Waals surface area contributed by atoms with E-state index in [2.05, 4.69) is 5.32 Å². The van der Waals surface area contributed by atoms with Crippen LogP contribution in [0, 0.1) is 17.6 Å². The van der Waals surface area contributed by atoms with E-state index in [1.165, 1.54) is 6.07 Å². The standard InChI is InChI=1S/C14H18F2N2O/c1-9-6-13(19)18(7-9)8-12(17-2)10-4-3-5-11(15)14(10)16/h3-5,9,12,17H,6-8H2,1-2H3. The van der Waals surface area contributed by atoms with E-state index in [1.807, 2.05) is 6.92 Å². The Morgan fingerprint density at radius 1 is 1.47 bits per heavy atom. The number of carbonyl (C=O) groups excluding carboxylic acids is 1. The van der Waals surface area contributed by atoms with Gasteiger partial charge in [0.15, 0.2) is 11.6 Å². The van der Waals surface area contributed by atoms with Gasteiger partial charge in [0, 0.05) is 25.1 Å². The molecule has 0 bridgehead atoms. The van der Waals surface area contributed by atoms with Gasteiger partial charge >= 0.3 is 0 Å². The van der Waals surface area contributed by atoms with E-state index in [0.29, 0.717) is 25.4 Å². The maximum Gasteiger partial charge on any atom is 0.222 e. The summed E-state index contributed by atoms with van der Waals surface area (Å²) in [5.74, 6) is -1.31. The van der Waals surface area contributed by atoms with Gasteiger partial charge in [-0.05, 0) is 19.0 Å². The molecule has 2 atom stereocenters. The van der Waals surface area contributed by atoms with Gasteiger partial charge in [-0.25, -0.2) is 8.78 Å². The highest BCUT2D eigenvalue weighted by Crippen LogP contribution is 2.23. The van der Waals surface area contributed by atoms with E-state index in [0.717, 1.165) is 6.07 Å². The SMILES string of the molecule is CNC(CN1CC(C)CC1=O)c1cccc(F)c1F. The van der Waals surface area contributed by atoms with Crippen molar-refractivity contribution in [2.75, 3.05) is 20.1 Å². The number of rotatable bonds is 4. The van der Waals surface area contributed by atoms with Crippen molar-refractivity contribution in [2.24, 2.45) is 5.92 Å². The summed E-state index contributed by atoms with van der Waals surface area (Å²) in [6, 6.07) is 3.72. The highest BCUT2D eigenvalue weighted by molar-refractivity contribution is 5.78. The molecule has 104 valence electrons. The number of amides is 1. The van der Waals surface area contributed by atoms with Crippen LogP contribution in [0.15, 0.2) is 18.2 Å². The van der Waals surface area contributed by atoms with Gasteiger partial charge in [0.25, 0.3) is 0 Å². The molecule has 1 aromatic carbocycles. The van der Waals surface area contributed by atoms with E-state index >= 15 is 0 Å². The van der Waals surface area contributed by atoms with Crippen LogP contribution >= 0.6 is 0 Å². The molecule has 0 saturated carbocycles. The Bertz CT molecular complexity index is 479. The van der Waals surface area contributed by atoms with Crippen LogP contribution in [0.1, 0.15) is 24.9 Å². The Morgan fingerprint density at radius 2 is 2.21 bits per heavy atom. The zero-order valence-corrected chi connectivity index (χ0v) is 11.1. The van der Waals surface area contributed by atoms with Crippen LogP contribution in [-0.4, -0.2) is 30.9 Å². The molecule has 1 fully saturated rings. The first-order chi connectivity index (χ1) is 9.02. The molecule has 1 amide bonds. The van der Waals surface area contributed by atoms with Gasteiger partial charge in [-0.2, -0.15) is 0 Å². The number of nitrogens with one attached hydrogen (secondary N) is 1. The zero-order valence-electron chi connectivity index (χ0n) is 11.1. The van der Waals surface area contributed by atoms with Crippen molar-refractivity contribution in [3.63, 3.8) is 0 Å². The van der Waals surface area contributed by atoms with E-state index in [9.17, 15) is 13.6 Å². The largest absolute Gasteiger partial charge is 0.340 e. The molecule has 5 heteroatoms. The van der Waals surface area contributed by atoms with E-state index in [4.69, 9.17) is 0 Å². The van der Waals surface area contributed by atoms with Crippen LogP contribution in [0.2, 0.25) is 0 Å². The number of likely N-dealkylation sites (N-methyl/N-ethyl adjacent to an activating group) is 1. The van der Waals surface area contributed by atoms with Gasteiger partial charge in [0.1, 0.15) is 0 Å². The number of halogens is 2. The van der Waals surface area contributed by atoms with Crippen LogP contribution < -0.4 is 5.32 Å². The van der Waals surface area contributed by atoms with Crippen molar-refractivity contribution in [1.82, 2.24) is 10.2 Å². The minimum absolute atomic E-state index is 0.0737. The molecule has 1 heterocycles. The maximum absolute atomic E-state index is 13.8.